The summed E-state index contributed by atoms with van der Waals surface area (Å²) in [5.74, 6) is -0.676. The molecule has 0 aliphatic heterocycles. The van der Waals surface area contributed by atoms with Crippen molar-refractivity contribution >= 4 is 5.78 Å². The molecule has 18 heavy (non-hydrogen) atoms. The van der Waals surface area contributed by atoms with Gasteiger partial charge in [-0.2, -0.15) is 0 Å². The maximum absolute atomic E-state index is 13.2. The average Bonchev–Trinajstić information content (AvgIpc) is 2.39. The van der Waals surface area contributed by atoms with Crippen molar-refractivity contribution in [2.75, 3.05) is 0 Å². The van der Waals surface area contributed by atoms with Crippen LogP contribution in [0.4, 0.5) is 4.39 Å². The zero-order valence-electron chi connectivity index (χ0n) is 9.51. The van der Waals surface area contributed by atoms with Gasteiger partial charge in [0.15, 0.2) is 5.78 Å². The molecular formula is C15H11FO2. The average molecular weight is 242 g/mol. The van der Waals surface area contributed by atoms with Crippen molar-refractivity contribution in [3.63, 3.8) is 0 Å². The summed E-state index contributed by atoms with van der Waals surface area (Å²) >= 11 is 0. The van der Waals surface area contributed by atoms with Gasteiger partial charge in [-0.25, -0.2) is 4.39 Å². The van der Waals surface area contributed by atoms with Gasteiger partial charge in [-0.1, -0.05) is 36.4 Å². The summed E-state index contributed by atoms with van der Waals surface area (Å²) in [5, 5.41) is 8.64. The Labute approximate surface area is 104 Å². The molecule has 0 amide bonds. The predicted octanol–water partition coefficient (Wildman–Crippen LogP) is 3.75. The molecule has 0 saturated heterocycles. The van der Waals surface area contributed by atoms with Crippen LogP contribution in [0.15, 0.2) is 60.9 Å². The van der Waals surface area contributed by atoms with Crippen LogP contribution in [0.2, 0.25) is 0 Å². The highest BCUT2D eigenvalue weighted by Gasteiger charge is 2.10. The summed E-state index contributed by atoms with van der Waals surface area (Å²) in [4.78, 5) is 11.8. The molecule has 1 N–H and O–H groups in total. The molecule has 2 nitrogen and oxygen atoms in total. The molecular weight excluding hydrogens is 231 g/mol. The van der Waals surface area contributed by atoms with Crippen LogP contribution >= 0.6 is 0 Å². The van der Waals surface area contributed by atoms with E-state index in [1.807, 2.05) is 0 Å². The van der Waals surface area contributed by atoms with Crippen LogP contribution in [0.5, 0.6) is 0 Å². The number of allylic oxidation sites excluding steroid dienone is 1. The largest absolute Gasteiger partial charge is 0.515 e. The van der Waals surface area contributed by atoms with E-state index in [-0.39, 0.29) is 11.6 Å². The molecule has 0 aromatic heterocycles. The van der Waals surface area contributed by atoms with E-state index >= 15 is 0 Å². The molecule has 2 aromatic rings. The van der Waals surface area contributed by atoms with Crippen molar-refractivity contribution < 1.29 is 14.3 Å². The van der Waals surface area contributed by atoms with Crippen LogP contribution in [-0.2, 0) is 0 Å². The van der Waals surface area contributed by atoms with Gasteiger partial charge in [0.05, 0.1) is 6.26 Å². The zero-order chi connectivity index (χ0) is 13.0. The smallest absolute Gasteiger partial charge is 0.189 e. The van der Waals surface area contributed by atoms with Crippen LogP contribution in [0.3, 0.4) is 0 Å². The summed E-state index contributed by atoms with van der Waals surface area (Å²) in [6.45, 7) is 0. The molecule has 0 spiro atoms. The SMILES string of the molecule is O=C(C=CO)c1ccccc1-c1cccc(F)c1. The topological polar surface area (TPSA) is 37.3 Å². The third-order valence-corrected chi connectivity index (χ3v) is 2.55. The zero-order valence-corrected chi connectivity index (χ0v) is 9.51. The summed E-state index contributed by atoms with van der Waals surface area (Å²) < 4.78 is 13.2. The predicted molar refractivity (Wildman–Crippen MR) is 67.9 cm³/mol. The Hall–Kier alpha value is -2.42. The number of carbonyl (C=O) groups excluding carboxylic acids is 1. The first-order valence-corrected chi connectivity index (χ1v) is 5.42. The van der Waals surface area contributed by atoms with Gasteiger partial charge >= 0.3 is 0 Å². The van der Waals surface area contributed by atoms with E-state index in [0.29, 0.717) is 23.0 Å². The number of aliphatic hydroxyl groups excluding tert-OH is 1. The third-order valence-electron chi connectivity index (χ3n) is 2.55. The molecule has 0 aliphatic carbocycles. The van der Waals surface area contributed by atoms with Crippen molar-refractivity contribution in [2.45, 2.75) is 0 Å². The highest BCUT2D eigenvalue weighted by Crippen LogP contribution is 2.24. The minimum absolute atomic E-state index is 0.322. The Morgan fingerprint density at radius 1 is 1.11 bits per heavy atom. The molecule has 2 aromatic carbocycles. The number of benzene rings is 2. The van der Waals surface area contributed by atoms with Crippen LogP contribution < -0.4 is 0 Å². The summed E-state index contributed by atoms with van der Waals surface area (Å²) in [6, 6.07) is 12.9. The Bertz CT molecular complexity index is 603. The standard InChI is InChI=1S/C15H11FO2/c16-12-5-3-4-11(10-12)13-6-1-2-7-14(13)15(18)8-9-17/h1-10,17H. The van der Waals surface area contributed by atoms with Crippen molar-refractivity contribution in [1.29, 1.82) is 0 Å². The second kappa shape index (κ2) is 5.27. The lowest BCUT2D eigenvalue weighted by molar-refractivity contribution is 0.104. The van der Waals surface area contributed by atoms with Crippen LogP contribution in [0.1, 0.15) is 10.4 Å². The van der Waals surface area contributed by atoms with Gasteiger partial charge in [0.2, 0.25) is 0 Å². The Morgan fingerprint density at radius 2 is 1.89 bits per heavy atom. The van der Waals surface area contributed by atoms with Gasteiger partial charge < -0.3 is 5.11 Å². The fourth-order valence-electron chi connectivity index (χ4n) is 1.76. The summed E-state index contributed by atoms with van der Waals surface area (Å²) in [6.07, 6.45) is 1.77. The van der Waals surface area contributed by atoms with Crippen molar-refractivity contribution in [3.05, 3.63) is 72.2 Å². The van der Waals surface area contributed by atoms with E-state index in [1.54, 1.807) is 36.4 Å². The first-order chi connectivity index (χ1) is 8.72. The van der Waals surface area contributed by atoms with E-state index in [1.165, 1.54) is 12.1 Å². The van der Waals surface area contributed by atoms with Gasteiger partial charge in [0.25, 0.3) is 0 Å². The monoisotopic (exact) mass is 242 g/mol. The van der Waals surface area contributed by atoms with E-state index < -0.39 is 0 Å². The van der Waals surface area contributed by atoms with Crippen LogP contribution in [-0.4, -0.2) is 10.9 Å². The van der Waals surface area contributed by atoms with E-state index in [0.717, 1.165) is 6.08 Å². The van der Waals surface area contributed by atoms with Gasteiger partial charge in [-0.05, 0) is 23.3 Å². The van der Waals surface area contributed by atoms with Crippen molar-refractivity contribution in [2.24, 2.45) is 0 Å². The van der Waals surface area contributed by atoms with Gasteiger partial charge in [0.1, 0.15) is 5.82 Å². The quantitative estimate of drug-likeness (QED) is 0.505. The summed E-state index contributed by atoms with van der Waals surface area (Å²) in [5.41, 5.74) is 1.69. The second-order valence-electron chi connectivity index (χ2n) is 3.74. The fraction of sp³-hybridized carbons (Fsp3) is 0. The molecule has 0 bridgehead atoms. The number of hydrogen-bond donors (Lipinski definition) is 1. The van der Waals surface area contributed by atoms with Crippen LogP contribution in [0.25, 0.3) is 11.1 Å². The number of rotatable bonds is 3. The van der Waals surface area contributed by atoms with Gasteiger partial charge in [-0.15, -0.1) is 0 Å². The highest BCUT2D eigenvalue weighted by molar-refractivity contribution is 6.08. The summed E-state index contributed by atoms with van der Waals surface area (Å²) in [7, 11) is 0. The molecule has 0 heterocycles. The normalized spacial score (nSPS) is 10.7. The lowest BCUT2D eigenvalue weighted by Crippen LogP contribution is -1.97. The second-order valence-corrected chi connectivity index (χ2v) is 3.74. The first kappa shape index (κ1) is 12.0. The number of ketones is 1. The molecule has 0 saturated carbocycles. The van der Waals surface area contributed by atoms with Crippen LogP contribution in [0, 0.1) is 5.82 Å². The lowest BCUT2D eigenvalue weighted by atomic mass is 9.97. The molecule has 0 aliphatic rings. The molecule has 3 heteroatoms. The van der Waals surface area contributed by atoms with Crippen molar-refractivity contribution in [3.8, 4) is 11.1 Å². The number of halogens is 1. The minimum atomic E-state index is -0.354. The first-order valence-electron chi connectivity index (χ1n) is 5.42. The molecule has 0 atom stereocenters. The number of carbonyl (C=O) groups is 1. The van der Waals surface area contributed by atoms with E-state index in [2.05, 4.69) is 0 Å². The molecule has 2 rings (SSSR count). The third kappa shape index (κ3) is 2.46. The maximum Gasteiger partial charge on any atom is 0.189 e. The lowest BCUT2D eigenvalue weighted by Gasteiger charge is -2.07. The maximum atomic E-state index is 13.2. The number of aliphatic hydroxyl groups is 1. The molecule has 0 unspecified atom stereocenters. The highest BCUT2D eigenvalue weighted by atomic mass is 19.1. The minimum Gasteiger partial charge on any atom is -0.515 e. The fourth-order valence-corrected chi connectivity index (χ4v) is 1.76. The number of hydrogen-bond acceptors (Lipinski definition) is 2. The van der Waals surface area contributed by atoms with Crippen molar-refractivity contribution in [1.82, 2.24) is 0 Å². The molecule has 90 valence electrons. The Kier molecular flexibility index (Phi) is 3.53. The molecule has 0 fully saturated rings. The van der Waals surface area contributed by atoms with E-state index in [9.17, 15) is 9.18 Å². The van der Waals surface area contributed by atoms with Gasteiger partial charge in [0, 0.05) is 11.6 Å². The van der Waals surface area contributed by atoms with E-state index in [4.69, 9.17) is 5.11 Å². The van der Waals surface area contributed by atoms with Gasteiger partial charge in [-0.3, -0.25) is 4.79 Å². The Balaban J connectivity index is 2.55. The Morgan fingerprint density at radius 3 is 2.61 bits per heavy atom. The molecule has 0 radical (unpaired) electrons.